The van der Waals surface area contributed by atoms with Crippen molar-refractivity contribution in [2.45, 2.75) is 12.6 Å². The minimum absolute atomic E-state index is 0.0906. The van der Waals surface area contributed by atoms with E-state index in [0.29, 0.717) is 16.7 Å². The van der Waals surface area contributed by atoms with Crippen LogP contribution in [0, 0.1) is 0 Å². The van der Waals surface area contributed by atoms with Crippen LogP contribution in [0.5, 0.6) is 5.75 Å². The fraction of sp³-hybridized carbons (Fsp3) is 0.143. The van der Waals surface area contributed by atoms with E-state index >= 15 is 0 Å². The minimum atomic E-state index is -0.824. The highest BCUT2D eigenvalue weighted by molar-refractivity contribution is 5.88. The number of hydrogen-bond acceptors (Lipinski definition) is 4. The lowest BCUT2D eigenvalue weighted by Gasteiger charge is -2.15. The van der Waals surface area contributed by atoms with Gasteiger partial charge in [0.15, 0.2) is 0 Å². The highest BCUT2D eigenvalue weighted by Crippen LogP contribution is 2.25. The first kappa shape index (κ1) is 16.3. The molecule has 1 N–H and O–H groups in total. The summed E-state index contributed by atoms with van der Waals surface area (Å²) in [6.07, 6.45) is 0.640. The first-order valence-corrected chi connectivity index (χ1v) is 8.45. The standard InChI is InChI=1S/C21H18N2O3/c24-16(12-23-14-22-19-10-4-3-9-18(19)21(23)25)13-26-20-11-5-7-15-6-1-2-8-17(15)20/h1-11,14,16,24H,12-13H2. The quantitative estimate of drug-likeness (QED) is 0.603. The number of rotatable bonds is 5. The van der Waals surface area contributed by atoms with Crippen molar-refractivity contribution in [3.8, 4) is 5.75 Å². The van der Waals surface area contributed by atoms with Crippen LogP contribution in [0.3, 0.4) is 0 Å². The van der Waals surface area contributed by atoms with Crippen LogP contribution in [-0.2, 0) is 6.54 Å². The number of aromatic nitrogens is 2. The third-order valence-corrected chi connectivity index (χ3v) is 4.32. The molecule has 1 atom stereocenters. The van der Waals surface area contributed by atoms with E-state index in [2.05, 4.69) is 4.98 Å². The van der Waals surface area contributed by atoms with Gasteiger partial charge in [-0.05, 0) is 23.6 Å². The Balaban J connectivity index is 1.50. The monoisotopic (exact) mass is 346 g/mol. The van der Waals surface area contributed by atoms with Gasteiger partial charge in [-0.15, -0.1) is 0 Å². The van der Waals surface area contributed by atoms with Gasteiger partial charge in [0.2, 0.25) is 0 Å². The second kappa shape index (κ2) is 6.98. The Hall–Kier alpha value is -3.18. The number of ether oxygens (including phenoxy) is 1. The van der Waals surface area contributed by atoms with E-state index in [-0.39, 0.29) is 18.7 Å². The molecular weight excluding hydrogens is 328 g/mol. The van der Waals surface area contributed by atoms with E-state index in [4.69, 9.17) is 4.74 Å². The molecule has 0 saturated carbocycles. The zero-order valence-electron chi connectivity index (χ0n) is 14.1. The van der Waals surface area contributed by atoms with Gasteiger partial charge in [0.1, 0.15) is 18.5 Å². The maximum atomic E-state index is 12.5. The fourth-order valence-corrected chi connectivity index (χ4v) is 3.02. The smallest absolute Gasteiger partial charge is 0.261 e. The van der Waals surface area contributed by atoms with Crippen molar-refractivity contribution < 1.29 is 9.84 Å². The van der Waals surface area contributed by atoms with Crippen molar-refractivity contribution in [3.63, 3.8) is 0 Å². The van der Waals surface area contributed by atoms with Crippen LogP contribution in [0.2, 0.25) is 0 Å². The zero-order valence-corrected chi connectivity index (χ0v) is 14.1. The Kier molecular flexibility index (Phi) is 4.37. The Labute approximate surface area is 150 Å². The summed E-state index contributed by atoms with van der Waals surface area (Å²) in [6.45, 7) is 0.217. The van der Waals surface area contributed by atoms with Crippen LogP contribution in [0.4, 0.5) is 0 Å². The lowest BCUT2D eigenvalue weighted by molar-refractivity contribution is 0.0922. The van der Waals surface area contributed by atoms with Crippen molar-refractivity contribution >= 4 is 21.7 Å². The van der Waals surface area contributed by atoms with Crippen LogP contribution < -0.4 is 10.3 Å². The molecule has 1 heterocycles. The van der Waals surface area contributed by atoms with Gasteiger partial charge in [-0.2, -0.15) is 0 Å². The van der Waals surface area contributed by atoms with E-state index < -0.39 is 6.10 Å². The number of aliphatic hydroxyl groups is 1. The van der Waals surface area contributed by atoms with E-state index in [1.54, 1.807) is 18.2 Å². The highest BCUT2D eigenvalue weighted by Gasteiger charge is 2.11. The molecule has 0 aliphatic rings. The summed E-state index contributed by atoms with van der Waals surface area (Å²) in [5.41, 5.74) is 0.482. The lowest BCUT2D eigenvalue weighted by Crippen LogP contribution is -2.30. The van der Waals surface area contributed by atoms with Gasteiger partial charge < -0.3 is 9.84 Å². The van der Waals surface area contributed by atoms with E-state index in [0.717, 1.165) is 10.8 Å². The van der Waals surface area contributed by atoms with E-state index in [1.165, 1.54) is 10.9 Å². The van der Waals surface area contributed by atoms with Crippen LogP contribution >= 0.6 is 0 Å². The predicted molar refractivity (Wildman–Crippen MR) is 101 cm³/mol. The molecule has 5 heteroatoms. The highest BCUT2D eigenvalue weighted by atomic mass is 16.5. The largest absolute Gasteiger partial charge is 0.490 e. The average Bonchev–Trinajstić information content (AvgIpc) is 2.69. The molecule has 0 bridgehead atoms. The van der Waals surface area contributed by atoms with Crippen molar-refractivity contribution in [3.05, 3.63) is 83.4 Å². The molecule has 0 saturated heterocycles. The Morgan fingerprint density at radius 2 is 1.69 bits per heavy atom. The fourth-order valence-electron chi connectivity index (χ4n) is 3.02. The Morgan fingerprint density at radius 1 is 0.962 bits per heavy atom. The maximum Gasteiger partial charge on any atom is 0.261 e. The molecule has 5 nitrogen and oxygen atoms in total. The molecule has 4 aromatic rings. The maximum absolute atomic E-state index is 12.5. The first-order chi connectivity index (χ1) is 12.7. The summed E-state index contributed by atoms with van der Waals surface area (Å²) in [7, 11) is 0. The van der Waals surface area contributed by atoms with Crippen LogP contribution in [0.1, 0.15) is 0 Å². The number of benzene rings is 3. The number of nitrogens with zero attached hydrogens (tertiary/aromatic N) is 2. The molecule has 4 rings (SSSR count). The molecule has 0 spiro atoms. The molecule has 26 heavy (non-hydrogen) atoms. The summed E-state index contributed by atoms with van der Waals surface area (Å²) in [5, 5.41) is 12.9. The minimum Gasteiger partial charge on any atom is -0.490 e. The molecule has 1 unspecified atom stereocenters. The Morgan fingerprint density at radius 3 is 2.58 bits per heavy atom. The third kappa shape index (κ3) is 3.17. The van der Waals surface area contributed by atoms with Crippen molar-refractivity contribution in [2.24, 2.45) is 0 Å². The molecule has 0 radical (unpaired) electrons. The van der Waals surface area contributed by atoms with E-state index in [9.17, 15) is 9.90 Å². The van der Waals surface area contributed by atoms with E-state index in [1.807, 2.05) is 48.5 Å². The molecule has 130 valence electrons. The summed E-state index contributed by atoms with van der Waals surface area (Å²) >= 11 is 0. The zero-order chi connectivity index (χ0) is 17.9. The second-order valence-electron chi connectivity index (χ2n) is 6.16. The molecule has 0 fully saturated rings. The molecule has 0 aliphatic carbocycles. The van der Waals surface area contributed by atoms with Gasteiger partial charge in [0.05, 0.1) is 23.8 Å². The lowest BCUT2D eigenvalue weighted by atomic mass is 10.1. The van der Waals surface area contributed by atoms with Crippen LogP contribution in [0.25, 0.3) is 21.7 Å². The molecule has 0 amide bonds. The van der Waals surface area contributed by atoms with Crippen LogP contribution in [0.15, 0.2) is 77.9 Å². The average molecular weight is 346 g/mol. The summed E-state index contributed by atoms with van der Waals surface area (Å²) in [6, 6.07) is 20.9. The molecular formula is C21H18N2O3. The van der Waals surface area contributed by atoms with Crippen LogP contribution in [-0.4, -0.2) is 27.4 Å². The normalized spacial score (nSPS) is 12.3. The number of para-hydroxylation sites is 1. The summed E-state index contributed by atoms with van der Waals surface area (Å²) in [5.74, 6) is 0.714. The van der Waals surface area contributed by atoms with Crippen molar-refractivity contribution in [1.29, 1.82) is 0 Å². The predicted octanol–water partition coefficient (Wildman–Crippen LogP) is 2.99. The third-order valence-electron chi connectivity index (χ3n) is 4.32. The number of fused-ring (bicyclic) bond motifs is 2. The molecule has 0 aliphatic heterocycles. The van der Waals surface area contributed by atoms with Crippen molar-refractivity contribution in [1.82, 2.24) is 9.55 Å². The topological polar surface area (TPSA) is 64.4 Å². The molecule has 1 aromatic heterocycles. The van der Waals surface area contributed by atoms with Gasteiger partial charge in [-0.3, -0.25) is 9.36 Å². The number of hydrogen-bond donors (Lipinski definition) is 1. The SMILES string of the molecule is O=c1c2ccccc2ncn1CC(O)COc1cccc2ccccc12. The van der Waals surface area contributed by atoms with Gasteiger partial charge in [0, 0.05) is 5.39 Å². The van der Waals surface area contributed by atoms with Gasteiger partial charge >= 0.3 is 0 Å². The first-order valence-electron chi connectivity index (χ1n) is 8.45. The number of aliphatic hydroxyl groups excluding tert-OH is 1. The summed E-state index contributed by atoms with van der Waals surface area (Å²) in [4.78, 5) is 16.7. The molecule has 3 aromatic carbocycles. The van der Waals surface area contributed by atoms with Gasteiger partial charge in [0.25, 0.3) is 5.56 Å². The van der Waals surface area contributed by atoms with Gasteiger partial charge in [-0.25, -0.2) is 4.98 Å². The van der Waals surface area contributed by atoms with Crippen molar-refractivity contribution in [2.75, 3.05) is 6.61 Å². The Bertz CT molecular complexity index is 1120. The second-order valence-corrected chi connectivity index (χ2v) is 6.16. The van der Waals surface area contributed by atoms with Gasteiger partial charge in [-0.1, -0.05) is 48.5 Å². The summed E-state index contributed by atoms with van der Waals surface area (Å²) < 4.78 is 7.21.